The zero-order chi connectivity index (χ0) is 26.2. The fourth-order valence-electron chi connectivity index (χ4n) is 8.34. The molecular formula is C26H36O9. The van der Waals surface area contributed by atoms with Crippen LogP contribution in [0.15, 0.2) is 12.2 Å². The quantitative estimate of drug-likeness (QED) is 0.343. The fourth-order valence-corrected chi connectivity index (χ4v) is 8.34. The minimum atomic E-state index is -1.33. The highest BCUT2D eigenvalue weighted by molar-refractivity contribution is 5.91. The molecule has 0 aromatic heterocycles. The van der Waals surface area contributed by atoms with Gasteiger partial charge in [-0.1, -0.05) is 27.4 Å². The van der Waals surface area contributed by atoms with Gasteiger partial charge in [0.1, 0.15) is 12.2 Å². The van der Waals surface area contributed by atoms with E-state index in [2.05, 4.69) is 6.58 Å². The molecule has 0 aromatic rings. The van der Waals surface area contributed by atoms with E-state index in [0.717, 1.165) is 0 Å². The Balaban J connectivity index is 2.04. The van der Waals surface area contributed by atoms with E-state index in [1.807, 2.05) is 0 Å². The van der Waals surface area contributed by atoms with E-state index in [9.17, 15) is 29.4 Å². The third-order valence-corrected chi connectivity index (χ3v) is 9.39. The summed E-state index contributed by atoms with van der Waals surface area (Å²) in [5.41, 5.74) is -2.85. The molecule has 35 heavy (non-hydrogen) atoms. The molecule has 0 radical (unpaired) electrons. The Labute approximate surface area is 205 Å². The van der Waals surface area contributed by atoms with Crippen molar-refractivity contribution >= 4 is 23.7 Å². The van der Waals surface area contributed by atoms with Gasteiger partial charge in [0.05, 0.1) is 17.6 Å². The topological polar surface area (TPSA) is 136 Å². The van der Waals surface area contributed by atoms with Gasteiger partial charge in [0.15, 0.2) is 11.9 Å². The van der Waals surface area contributed by atoms with Gasteiger partial charge in [-0.25, -0.2) is 0 Å². The fraction of sp³-hybridized carbons (Fsp3) is 0.769. The van der Waals surface area contributed by atoms with Crippen LogP contribution in [0.5, 0.6) is 0 Å². The molecule has 9 nitrogen and oxygen atoms in total. The zero-order valence-electron chi connectivity index (χ0n) is 21.2. The molecule has 2 bridgehead atoms. The number of Topliss-reactive ketones (excluding diaryl/α,β-unsaturated/α-hetero) is 1. The Bertz CT molecular complexity index is 985. The van der Waals surface area contributed by atoms with E-state index in [1.165, 1.54) is 20.8 Å². The van der Waals surface area contributed by atoms with Crippen LogP contribution >= 0.6 is 0 Å². The summed E-state index contributed by atoms with van der Waals surface area (Å²) in [5.74, 6) is -4.10. The average Bonchev–Trinajstić information content (AvgIpc) is 2.91. The maximum Gasteiger partial charge on any atom is 0.303 e. The van der Waals surface area contributed by atoms with Crippen LogP contribution in [-0.4, -0.2) is 64.4 Å². The maximum atomic E-state index is 14.3. The van der Waals surface area contributed by atoms with E-state index >= 15 is 0 Å². The minimum Gasteiger partial charge on any atom is -0.462 e. The molecule has 1 spiro atoms. The number of hydrogen-bond donors (Lipinski definition) is 2. The number of aliphatic hydroxyl groups is 2. The van der Waals surface area contributed by atoms with Crippen LogP contribution in [0.1, 0.15) is 60.8 Å². The first-order valence-corrected chi connectivity index (χ1v) is 12.2. The van der Waals surface area contributed by atoms with Crippen molar-refractivity contribution in [2.45, 2.75) is 91.3 Å². The number of carbonyl (C=O) groups excluding carboxylic acids is 4. The maximum absolute atomic E-state index is 14.3. The lowest BCUT2D eigenvalue weighted by molar-refractivity contribution is -0.275. The summed E-state index contributed by atoms with van der Waals surface area (Å²) >= 11 is 0. The molecule has 4 aliphatic carbocycles. The van der Waals surface area contributed by atoms with Crippen molar-refractivity contribution < 1.29 is 43.6 Å². The zero-order valence-corrected chi connectivity index (χ0v) is 21.2. The van der Waals surface area contributed by atoms with Crippen LogP contribution in [0.2, 0.25) is 0 Å². The van der Waals surface area contributed by atoms with Gasteiger partial charge in [-0.15, -0.1) is 0 Å². The van der Waals surface area contributed by atoms with E-state index in [0.29, 0.717) is 18.4 Å². The summed E-state index contributed by atoms with van der Waals surface area (Å²) < 4.78 is 17.4. The molecule has 0 heterocycles. The number of ether oxygens (including phenoxy) is 3. The molecule has 0 aromatic carbocycles. The number of rotatable bonds is 3. The lowest BCUT2D eigenvalue weighted by Crippen LogP contribution is -2.76. The van der Waals surface area contributed by atoms with Crippen LogP contribution in [0.3, 0.4) is 0 Å². The number of ketones is 1. The monoisotopic (exact) mass is 492 g/mol. The highest BCUT2D eigenvalue weighted by atomic mass is 16.6. The highest BCUT2D eigenvalue weighted by Crippen LogP contribution is 2.72. The largest absolute Gasteiger partial charge is 0.462 e. The Kier molecular flexibility index (Phi) is 6.00. The third kappa shape index (κ3) is 3.41. The summed E-state index contributed by atoms with van der Waals surface area (Å²) in [6, 6.07) is 0. The SMILES string of the molecule is C=C1[C@@H]2C[C@H](OC(C)=O)[C@H]3[C@@]4(C)[C@H](C(=O)[C@H](OC(C)=O)[C@]3(C2)[C@@H]1OC(C)=O)C(C)(C)[C@@H](O)C[C@@H]4O. The molecule has 0 amide bonds. The smallest absolute Gasteiger partial charge is 0.303 e. The number of hydrogen-bond acceptors (Lipinski definition) is 9. The van der Waals surface area contributed by atoms with E-state index in [1.54, 1.807) is 20.8 Å². The van der Waals surface area contributed by atoms with E-state index in [4.69, 9.17) is 14.2 Å². The molecule has 0 unspecified atom stereocenters. The summed E-state index contributed by atoms with van der Waals surface area (Å²) in [6.07, 6.45) is -4.43. The second kappa shape index (κ2) is 8.13. The predicted octanol–water partition coefficient (Wildman–Crippen LogP) is 1.72. The van der Waals surface area contributed by atoms with Crippen molar-refractivity contribution in [2.24, 2.45) is 34.0 Å². The average molecular weight is 493 g/mol. The molecular weight excluding hydrogens is 456 g/mol. The number of aliphatic hydroxyl groups excluding tert-OH is 2. The molecule has 0 aliphatic heterocycles. The second-order valence-corrected chi connectivity index (χ2v) is 11.7. The Hall–Kier alpha value is -2.26. The first-order chi connectivity index (χ1) is 16.1. The molecule has 4 fully saturated rings. The predicted molar refractivity (Wildman–Crippen MR) is 121 cm³/mol. The highest BCUT2D eigenvalue weighted by Gasteiger charge is 2.79. The van der Waals surface area contributed by atoms with Gasteiger partial charge in [0.25, 0.3) is 0 Å². The molecule has 10 atom stereocenters. The molecule has 4 aliphatic rings. The molecule has 0 saturated heterocycles. The minimum absolute atomic E-state index is 0.0213. The lowest BCUT2D eigenvalue weighted by atomic mass is 9.38. The van der Waals surface area contributed by atoms with Gasteiger partial charge < -0.3 is 24.4 Å². The third-order valence-electron chi connectivity index (χ3n) is 9.39. The van der Waals surface area contributed by atoms with Crippen molar-refractivity contribution in [1.82, 2.24) is 0 Å². The normalized spacial score (nSPS) is 45.7. The first kappa shape index (κ1) is 25.8. The Morgan fingerprint density at radius 2 is 1.43 bits per heavy atom. The van der Waals surface area contributed by atoms with Gasteiger partial charge in [-0.05, 0) is 24.3 Å². The van der Waals surface area contributed by atoms with Crippen LogP contribution in [0.25, 0.3) is 0 Å². The van der Waals surface area contributed by atoms with Crippen LogP contribution < -0.4 is 0 Å². The molecule has 2 N–H and O–H groups in total. The standard InChI is InChI=1S/C26H36O9/c1-11-15-8-16(33-12(2)27)20-25(7)18(31)9-17(30)24(5,6)21(25)19(32)23(35-14(4)29)26(20,10-15)22(11)34-13(3)28/h15-18,20-23,30-31H,1,8-10H2,2-7H3/t15-,16+,17+,18+,20+,21-,22-,23+,25+,26+/m1/s1. The Morgan fingerprint density at radius 3 is 1.97 bits per heavy atom. The van der Waals surface area contributed by atoms with Gasteiger partial charge >= 0.3 is 17.9 Å². The lowest BCUT2D eigenvalue weighted by Gasteiger charge is -2.67. The summed E-state index contributed by atoms with van der Waals surface area (Å²) in [7, 11) is 0. The van der Waals surface area contributed by atoms with Crippen molar-refractivity contribution in [3.8, 4) is 0 Å². The summed E-state index contributed by atoms with van der Waals surface area (Å²) in [4.78, 5) is 51.1. The number of fused-ring (bicyclic) bond motifs is 3. The molecule has 4 rings (SSSR count). The first-order valence-electron chi connectivity index (χ1n) is 12.2. The molecule has 194 valence electrons. The van der Waals surface area contributed by atoms with Crippen LogP contribution in [0.4, 0.5) is 0 Å². The van der Waals surface area contributed by atoms with Crippen molar-refractivity contribution in [1.29, 1.82) is 0 Å². The van der Waals surface area contributed by atoms with Crippen molar-refractivity contribution in [3.63, 3.8) is 0 Å². The van der Waals surface area contributed by atoms with Crippen molar-refractivity contribution in [2.75, 3.05) is 0 Å². The second-order valence-electron chi connectivity index (χ2n) is 11.7. The molecule has 9 heteroatoms. The van der Waals surface area contributed by atoms with Crippen LogP contribution in [0, 0.1) is 34.0 Å². The van der Waals surface area contributed by atoms with E-state index in [-0.39, 0.29) is 12.3 Å². The van der Waals surface area contributed by atoms with Crippen molar-refractivity contribution in [3.05, 3.63) is 12.2 Å². The number of carbonyl (C=O) groups is 4. The summed E-state index contributed by atoms with van der Waals surface area (Å²) in [6.45, 7) is 13.3. The van der Waals surface area contributed by atoms with Gasteiger partial charge in [0.2, 0.25) is 0 Å². The van der Waals surface area contributed by atoms with Crippen LogP contribution in [-0.2, 0) is 33.4 Å². The van der Waals surface area contributed by atoms with Gasteiger partial charge in [-0.3, -0.25) is 19.2 Å². The number of esters is 3. The Morgan fingerprint density at radius 1 is 0.886 bits per heavy atom. The molecule has 4 saturated carbocycles. The summed E-state index contributed by atoms with van der Waals surface area (Å²) in [5, 5.41) is 22.4. The van der Waals surface area contributed by atoms with Gasteiger partial charge in [-0.2, -0.15) is 0 Å². The van der Waals surface area contributed by atoms with Gasteiger partial charge in [0, 0.05) is 49.9 Å². The van der Waals surface area contributed by atoms with E-state index < -0.39 is 82.3 Å².